The van der Waals surface area contributed by atoms with Gasteiger partial charge in [-0.05, 0) is 43.5 Å². The maximum absolute atomic E-state index is 12.3. The van der Waals surface area contributed by atoms with Crippen molar-refractivity contribution in [3.8, 4) is 0 Å². The van der Waals surface area contributed by atoms with Crippen LogP contribution in [0, 0.1) is 0 Å². The van der Waals surface area contributed by atoms with Crippen LogP contribution in [-0.4, -0.2) is 50.5 Å². The molecule has 1 fully saturated rings. The Morgan fingerprint density at radius 2 is 1.92 bits per heavy atom. The second-order valence-electron chi connectivity index (χ2n) is 6.18. The van der Waals surface area contributed by atoms with Crippen LogP contribution >= 0.6 is 0 Å². The van der Waals surface area contributed by atoms with Crippen LogP contribution < -0.4 is 5.32 Å². The molecule has 2 amide bonds. The van der Waals surface area contributed by atoms with Crippen molar-refractivity contribution in [2.24, 2.45) is 0 Å². The molecule has 0 radical (unpaired) electrons. The van der Waals surface area contributed by atoms with Gasteiger partial charge < -0.3 is 10.2 Å². The van der Waals surface area contributed by atoms with Crippen LogP contribution in [0.3, 0.4) is 0 Å². The predicted molar refractivity (Wildman–Crippen MR) is 91.5 cm³/mol. The van der Waals surface area contributed by atoms with Crippen molar-refractivity contribution in [1.29, 1.82) is 0 Å². The number of amides is 2. The van der Waals surface area contributed by atoms with Crippen LogP contribution in [-0.2, 0) is 14.6 Å². The van der Waals surface area contributed by atoms with Crippen molar-refractivity contribution in [2.75, 3.05) is 19.3 Å². The van der Waals surface area contributed by atoms with E-state index in [-0.39, 0.29) is 22.8 Å². The molecule has 0 saturated carbocycles. The van der Waals surface area contributed by atoms with Crippen LogP contribution in [0.15, 0.2) is 29.2 Å². The van der Waals surface area contributed by atoms with E-state index in [0.717, 1.165) is 25.6 Å². The molecule has 132 valence electrons. The van der Waals surface area contributed by atoms with E-state index in [4.69, 9.17) is 0 Å². The lowest BCUT2D eigenvalue weighted by Gasteiger charge is -2.20. The third-order valence-corrected chi connectivity index (χ3v) is 5.31. The summed E-state index contributed by atoms with van der Waals surface area (Å²) in [6.45, 7) is 3.45. The van der Waals surface area contributed by atoms with E-state index in [1.54, 1.807) is 0 Å². The Balaban J connectivity index is 1.98. The summed E-state index contributed by atoms with van der Waals surface area (Å²) in [5, 5.41) is 2.95. The molecule has 1 aliphatic rings. The Hall–Kier alpha value is -1.89. The second-order valence-corrected chi connectivity index (χ2v) is 8.19. The molecule has 0 bridgehead atoms. The summed E-state index contributed by atoms with van der Waals surface area (Å²) in [5.41, 5.74) is 0.420. The molecule has 24 heavy (non-hydrogen) atoms. The first-order chi connectivity index (χ1) is 11.3. The second kappa shape index (κ2) is 7.79. The van der Waals surface area contributed by atoms with Gasteiger partial charge in [0.2, 0.25) is 5.91 Å². The summed E-state index contributed by atoms with van der Waals surface area (Å²) >= 11 is 0. The van der Waals surface area contributed by atoms with Gasteiger partial charge >= 0.3 is 0 Å². The number of sulfone groups is 1. The number of carbonyl (C=O) groups excluding carboxylic acids is 2. The molecular weight excluding hydrogens is 328 g/mol. The monoisotopic (exact) mass is 352 g/mol. The molecule has 0 aromatic heterocycles. The zero-order valence-corrected chi connectivity index (χ0v) is 14.9. The fourth-order valence-corrected chi connectivity index (χ4v) is 3.44. The number of benzene rings is 1. The summed E-state index contributed by atoms with van der Waals surface area (Å²) in [4.78, 5) is 26.4. The molecular formula is C17H24N2O4S. The highest BCUT2D eigenvalue weighted by atomic mass is 32.2. The number of hydrogen-bond donors (Lipinski definition) is 1. The van der Waals surface area contributed by atoms with Gasteiger partial charge in [0.1, 0.15) is 0 Å². The van der Waals surface area contributed by atoms with Crippen LogP contribution in [0.5, 0.6) is 0 Å². The zero-order chi connectivity index (χ0) is 17.7. The smallest absolute Gasteiger partial charge is 0.251 e. The topological polar surface area (TPSA) is 83.6 Å². The van der Waals surface area contributed by atoms with Gasteiger partial charge in [0, 0.05) is 37.4 Å². The standard InChI is InChI=1S/C17H24N2O4S/c1-3-11-19-12-10-14(6-9-16(19)20)18-17(21)13-4-7-15(8-5-13)24(2,22)23/h4-5,7-8,14H,3,6,9-12H2,1-2H3,(H,18,21). The summed E-state index contributed by atoms with van der Waals surface area (Å²) in [5.74, 6) is -0.0949. The van der Waals surface area contributed by atoms with E-state index in [9.17, 15) is 18.0 Å². The van der Waals surface area contributed by atoms with Gasteiger partial charge in [-0.15, -0.1) is 0 Å². The Morgan fingerprint density at radius 1 is 1.25 bits per heavy atom. The van der Waals surface area contributed by atoms with Crippen molar-refractivity contribution < 1.29 is 18.0 Å². The average Bonchev–Trinajstić information content (AvgIpc) is 2.70. The molecule has 7 heteroatoms. The maximum atomic E-state index is 12.3. The SMILES string of the molecule is CCCN1CCC(NC(=O)c2ccc(S(C)(=O)=O)cc2)CCC1=O. The van der Waals surface area contributed by atoms with E-state index in [0.29, 0.717) is 24.9 Å². The predicted octanol–water partition coefficient (Wildman–Crippen LogP) is 1.61. The third kappa shape index (κ3) is 4.80. The molecule has 1 aromatic carbocycles. The molecule has 1 N–H and O–H groups in total. The summed E-state index contributed by atoms with van der Waals surface area (Å²) in [7, 11) is -3.27. The van der Waals surface area contributed by atoms with Crippen LogP contribution in [0.2, 0.25) is 0 Å². The minimum Gasteiger partial charge on any atom is -0.349 e. The number of likely N-dealkylation sites (tertiary alicyclic amines) is 1. The van der Waals surface area contributed by atoms with Crippen LogP contribution in [0.25, 0.3) is 0 Å². The van der Waals surface area contributed by atoms with E-state index in [1.165, 1.54) is 24.3 Å². The van der Waals surface area contributed by atoms with Gasteiger partial charge in [0.05, 0.1) is 4.90 Å². The number of nitrogens with one attached hydrogen (secondary N) is 1. The van der Waals surface area contributed by atoms with Gasteiger partial charge in [-0.3, -0.25) is 9.59 Å². The van der Waals surface area contributed by atoms with Crippen molar-refractivity contribution in [1.82, 2.24) is 10.2 Å². The normalized spacial score (nSPS) is 19.0. The first-order valence-electron chi connectivity index (χ1n) is 8.20. The largest absolute Gasteiger partial charge is 0.349 e. The number of nitrogens with zero attached hydrogens (tertiary/aromatic N) is 1. The summed E-state index contributed by atoms with van der Waals surface area (Å²) in [6, 6.07) is 5.85. The first-order valence-corrected chi connectivity index (χ1v) is 10.1. The highest BCUT2D eigenvalue weighted by Crippen LogP contribution is 2.15. The highest BCUT2D eigenvalue weighted by Gasteiger charge is 2.23. The molecule has 0 aliphatic carbocycles. The van der Waals surface area contributed by atoms with E-state index >= 15 is 0 Å². The molecule has 0 spiro atoms. The molecule has 6 nitrogen and oxygen atoms in total. The van der Waals surface area contributed by atoms with Gasteiger partial charge in [-0.25, -0.2) is 8.42 Å². The van der Waals surface area contributed by atoms with Crippen molar-refractivity contribution >= 4 is 21.7 Å². The van der Waals surface area contributed by atoms with Crippen LogP contribution in [0.4, 0.5) is 0 Å². The minimum atomic E-state index is -3.27. The Bertz CT molecular complexity index is 698. The van der Waals surface area contributed by atoms with Gasteiger partial charge in [-0.1, -0.05) is 6.92 Å². The van der Waals surface area contributed by atoms with Crippen molar-refractivity contribution in [3.05, 3.63) is 29.8 Å². The fourth-order valence-electron chi connectivity index (χ4n) is 2.81. The lowest BCUT2D eigenvalue weighted by Crippen LogP contribution is -2.36. The third-order valence-electron chi connectivity index (χ3n) is 4.18. The van der Waals surface area contributed by atoms with Gasteiger partial charge in [0.15, 0.2) is 9.84 Å². The average molecular weight is 352 g/mol. The first kappa shape index (κ1) is 18.4. The Kier molecular flexibility index (Phi) is 5.99. The lowest BCUT2D eigenvalue weighted by molar-refractivity contribution is -0.130. The Labute approximate surface area is 143 Å². The molecule has 1 saturated heterocycles. The summed E-state index contributed by atoms with van der Waals surface area (Å²) in [6.07, 6.45) is 3.87. The zero-order valence-electron chi connectivity index (χ0n) is 14.1. The molecule has 1 aromatic rings. The van der Waals surface area contributed by atoms with E-state index in [2.05, 4.69) is 5.32 Å². The van der Waals surface area contributed by atoms with Gasteiger partial charge in [0.25, 0.3) is 5.91 Å². The van der Waals surface area contributed by atoms with E-state index < -0.39 is 9.84 Å². The maximum Gasteiger partial charge on any atom is 0.251 e. The number of hydrogen-bond acceptors (Lipinski definition) is 4. The number of rotatable bonds is 5. The Morgan fingerprint density at radius 3 is 2.50 bits per heavy atom. The minimum absolute atomic E-state index is 0.0436. The van der Waals surface area contributed by atoms with Crippen LogP contribution in [0.1, 0.15) is 43.0 Å². The van der Waals surface area contributed by atoms with E-state index in [1.807, 2.05) is 11.8 Å². The van der Waals surface area contributed by atoms with Gasteiger partial charge in [-0.2, -0.15) is 0 Å². The van der Waals surface area contributed by atoms with Crippen molar-refractivity contribution in [2.45, 2.75) is 43.5 Å². The lowest BCUT2D eigenvalue weighted by atomic mass is 10.1. The summed E-state index contributed by atoms with van der Waals surface area (Å²) < 4.78 is 22.9. The quantitative estimate of drug-likeness (QED) is 0.873. The molecule has 1 aliphatic heterocycles. The highest BCUT2D eigenvalue weighted by molar-refractivity contribution is 7.90. The molecule has 2 rings (SSSR count). The molecule has 1 unspecified atom stereocenters. The fraction of sp³-hybridized carbons (Fsp3) is 0.529. The molecule has 1 atom stereocenters. The molecule has 1 heterocycles. The van der Waals surface area contributed by atoms with Crippen molar-refractivity contribution in [3.63, 3.8) is 0 Å². The number of carbonyl (C=O) groups is 2.